The average molecular weight is 252 g/mol. The average Bonchev–Trinajstić information content (AvgIpc) is 2.33. The molecule has 3 nitrogen and oxygen atoms in total. The van der Waals surface area contributed by atoms with Gasteiger partial charge in [-0.3, -0.25) is 4.98 Å². The maximum absolute atomic E-state index is 5.21. The second kappa shape index (κ2) is 8.14. The summed E-state index contributed by atoms with van der Waals surface area (Å²) in [6.45, 7) is 7.43. The number of nitrogens with zero attached hydrogens (tertiary/aromatic N) is 1. The van der Waals surface area contributed by atoms with E-state index in [9.17, 15) is 0 Å². The van der Waals surface area contributed by atoms with Crippen molar-refractivity contribution in [3.05, 3.63) is 36.2 Å². The van der Waals surface area contributed by atoms with Crippen LogP contribution in [0.5, 0.6) is 5.75 Å². The third-order valence-electron chi connectivity index (χ3n) is 2.18. The van der Waals surface area contributed by atoms with Gasteiger partial charge in [-0.15, -0.1) is 6.58 Å². The van der Waals surface area contributed by atoms with Crippen LogP contribution < -0.4 is 10.1 Å². The van der Waals surface area contributed by atoms with Gasteiger partial charge in [-0.25, -0.2) is 0 Å². The highest BCUT2D eigenvalue weighted by atomic mass is 32.2. The molecular weight excluding hydrogens is 232 g/mol. The highest BCUT2D eigenvalue weighted by molar-refractivity contribution is 7.99. The molecule has 0 aliphatic heterocycles. The Bertz CT molecular complexity index is 355. The van der Waals surface area contributed by atoms with Gasteiger partial charge in [0.1, 0.15) is 5.75 Å². The van der Waals surface area contributed by atoms with Crippen LogP contribution in [0.25, 0.3) is 0 Å². The highest BCUT2D eigenvalue weighted by Gasteiger charge is 1.99. The molecule has 0 fully saturated rings. The maximum Gasteiger partial charge on any atom is 0.122 e. The minimum Gasteiger partial charge on any atom is -0.497 e. The number of aromatic nitrogens is 1. The normalized spacial score (nSPS) is 10.2. The summed E-state index contributed by atoms with van der Waals surface area (Å²) in [6.07, 6.45) is 1.93. The van der Waals surface area contributed by atoms with E-state index in [1.165, 1.54) is 0 Å². The number of nitrogens with one attached hydrogen (secondary N) is 1. The van der Waals surface area contributed by atoms with Gasteiger partial charge >= 0.3 is 0 Å². The Kier molecular flexibility index (Phi) is 6.74. The van der Waals surface area contributed by atoms with Gasteiger partial charge in [-0.05, 0) is 6.92 Å². The van der Waals surface area contributed by atoms with E-state index in [1.807, 2.05) is 36.9 Å². The molecule has 0 bridgehead atoms. The number of rotatable bonds is 8. The summed E-state index contributed by atoms with van der Waals surface area (Å²) >= 11 is 1.87. The second-order valence-corrected chi connectivity index (χ2v) is 4.83. The van der Waals surface area contributed by atoms with Crippen molar-refractivity contribution in [3.63, 3.8) is 0 Å². The zero-order valence-electron chi connectivity index (χ0n) is 10.5. The summed E-state index contributed by atoms with van der Waals surface area (Å²) < 4.78 is 5.21. The smallest absolute Gasteiger partial charge is 0.122 e. The molecule has 0 radical (unpaired) electrons. The number of thioether (sulfide) groups is 1. The fourth-order valence-corrected chi connectivity index (χ4v) is 2.06. The minimum atomic E-state index is 0.784. The van der Waals surface area contributed by atoms with E-state index in [1.54, 1.807) is 7.11 Å². The quantitative estimate of drug-likeness (QED) is 0.569. The maximum atomic E-state index is 5.21. The molecule has 1 rings (SSSR count). The van der Waals surface area contributed by atoms with Crippen molar-refractivity contribution in [2.75, 3.05) is 25.2 Å². The number of hydrogen-bond acceptors (Lipinski definition) is 4. The molecule has 94 valence electrons. The van der Waals surface area contributed by atoms with Crippen LogP contribution in [-0.4, -0.2) is 30.1 Å². The topological polar surface area (TPSA) is 34.1 Å². The SMILES string of the molecule is C=CCSCCNCc1cc(OC)cc(C)n1. The molecule has 0 saturated carbocycles. The summed E-state index contributed by atoms with van der Waals surface area (Å²) in [5.74, 6) is 2.98. The third kappa shape index (κ3) is 5.75. The Balaban J connectivity index is 2.31. The van der Waals surface area contributed by atoms with Gasteiger partial charge in [-0.1, -0.05) is 6.08 Å². The first-order chi connectivity index (χ1) is 8.26. The van der Waals surface area contributed by atoms with Gasteiger partial charge in [0.05, 0.1) is 12.8 Å². The van der Waals surface area contributed by atoms with Gasteiger partial charge in [0.25, 0.3) is 0 Å². The number of methoxy groups -OCH3 is 1. The first kappa shape index (κ1) is 14.1. The molecule has 1 aromatic heterocycles. The molecule has 0 saturated heterocycles. The molecule has 1 aromatic rings. The minimum absolute atomic E-state index is 0.784. The summed E-state index contributed by atoms with van der Waals surface area (Å²) in [7, 11) is 1.68. The number of ether oxygens (including phenoxy) is 1. The van der Waals surface area contributed by atoms with Crippen LogP contribution in [0, 0.1) is 6.92 Å². The second-order valence-electron chi connectivity index (χ2n) is 3.68. The third-order valence-corrected chi connectivity index (χ3v) is 3.14. The van der Waals surface area contributed by atoms with Crippen LogP contribution in [0.2, 0.25) is 0 Å². The molecule has 0 amide bonds. The van der Waals surface area contributed by atoms with Crippen LogP contribution in [0.15, 0.2) is 24.8 Å². The van der Waals surface area contributed by atoms with Crippen molar-refractivity contribution in [2.45, 2.75) is 13.5 Å². The summed E-state index contributed by atoms with van der Waals surface area (Å²) in [5, 5.41) is 3.37. The molecule has 0 aliphatic carbocycles. The molecule has 0 aromatic carbocycles. The molecule has 0 spiro atoms. The monoisotopic (exact) mass is 252 g/mol. The predicted octanol–water partition coefficient (Wildman–Crippen LogP) is 2.41. The largest absolute Gasteiger partial charge is 0.497 e. The van der Waals surface area contributed by atoms with Crippen LogP contribution >= 0.6 is 11.8 Å². The first-order valence-corrected chi connectivity index (χ1v) is 6.82. The van der Waals surface area contributed by atoms with Crippen LogP contribution in [0.1, 0.15) is 11.4 Å². The molecular formula is C13H20N2OS. The molecule has 0 unspecified atom stereocenters. The van der Waals surface area contributed by atoms with Gasteiger partial charge in [0.15, 0.2) is 0 Å². The first-order valence-electron chi connectivity index (χ1n) is 5.67. The number of aryl methyl sites for hydroxylation is 1. The van der Waals surface area contributed by atoms with E-state index in [-0.39, 0.29) is 0 Å². The van der Waals surface area contributed by atoms with E-state index in [2.05, 4.69) is 16.9 Å². The fourth-order valence-electron chi connectivity index (χ4n) is 1.44. The number of pyridine rings is 1. The van der Waals surface area contributed by atoms with E-state index in [0.717, 1.165) is 41.7 Å². The van der Waals surface area contributed by atoms with E-state index in [4.69, 9.17) is 4.74 Å². The molecule has 1 heterocycles. The molecule has 1 N–H and O–H groups in total. The van der Waals surface area contributed by atoms with Crippen LogP contribution in [0.3, 0.4) is 0 Å². The Morgan fingerprint density at radius 1 is 1.53 bits per heavy atom. The Hall–Kier alpha value is -1.00. The van der Waals surface area contributed by atoms with E-state index in [0.29, 0.717) is 0 Å². The Morgan fingerprint density at radius 2 is 2.35 bits per heavy atom. The summed E-state index contributed by atoms with van der Waals surface area (Å²) in [5.41, 5.74) is 2.01. The molecule has 0 atom stereocenters. The van der Waals surface area contributed by atoms with Crippen molar-refractivity contribution in [1.82, 2.24) is 10.3 Å². The summed E-state index contributed by atoms with van der Waals surface area (Å²) in [4.78, 5) is 4.45. The van der Waals surface area contributed by atoms with Gasteiger partial charge in [0, 0.05) is 42.4 Å². The van der Waals surface area contributed by atoms with Crippen LogP contribution in [-0.2, 0) is 6.54 Å². The van der Waals surface area contributed by atoms with Gasteiger partial charge in [0.2, 0.25) is 0 Å². The van der Waals surface area contributed by atoms with E-state index >= 15 is 0 Å². The van der Waals surface area contributed by atoms with Gasteiger partial charge in [-0.2, -0.15) is 11.8 Å². The zero-order valence-corrected chi connectivity index (χ0v) is 11.3. The molecule has 0 aliphatic rings. The fraction of sp³-hybridized carbons (Fsp3) is 0.462. The van der Waals surface area contributed by atoms with Crippen molar-refractivity contribution in [3.8, 4) is 5.75 Å². The van der Waals surface area contributed by atoms with Crippen molar-refractivity contribution < 1.29 is 4.74 Å². The Morgan fingerprint density at radius 3 is 3.06 bits per heavy atom. The number of hydrogen-bond donors (Lipinski definition) is 1. The van der Waals surface area contributed by atoms with Gasteiger partial charge < -0.3 is 10.1 Å². The zero-order chi connectivity index (χ0) is 12.5. The lowest BCUT2D eigenvalue weighted by atomic mass is 10.3. The predicted molar refractivity (Wildman–Crippen MR) is 74.8 cm³/mol. The summed E-state index contributed by atoms with van der Waals surface area (Å²) in [6, 6.07) is 3.90. The molecule has 4 heteroatoms. The van der Waals surface area contributed by atoms with E-state index < -0.39 is 0 Å². The van der Waals surface area contributed by atoms with Crippen molar-refractivity contribution >= 4 is 11.8 Å². The van der Waals surface area contributed by atoms with Crippen molar-refractivity contribution in [1.29, 1.82) is 0 Å². The Labute approximate surface area is 108 Å². The van der Waals surface area contributed by atoms with Crippen molar-refractivity contribution in [2.24, 2.45) is 0 Å². The lowest BCUT2D eigenvalue weighted by Gasteiger charge is -2.07. The lowest BCUT2D eigenvalue weighted by molar-refractivity contribution is 0.412. The highest BCUT2D eigenvalue weighted by Crippen LogP contribution is 2.12. The standard InChI is InChI=1S/C13H20N2OS/c1-4-6-17-7-5-14-10-12-9-13(16-3)8-11(2)15-12/h4,8-9,14H,1,5-7,10H2,2-3H3. The van der Waals surface area contributed by atoms with Crippen LogP contribution in [0.4, 0.5) is 0 Å². The lowest BCUT2D eigenvalue weighted by Crippen LogP contribution is -2.17. The molecule has 17 heavy (non-hydrogen) atoms.